The van der Waals surface area contributed by atoms with Gasteiger partial charge in [-0.2, -0.15) is 0 Å². The van der Waals surface area contributed by atoms with E-state index in [4.69, 9.17) is 0 Å². The lowest BCUT2D eigenvalue weighted by atomic mass is 9.90. The highest BCUT2D eigenvalue weighted by Gasteiger charge is 2.21. The Kier molecular flexibility index (Phi) is 4.18. The molecule has 0 bridgehead atoms. The third-order valence-corrected chi connectivity index (χ3v) is 3.51. The van der Waals surface area contributed by atoms with Gasteiger partial charge in [0.1, 0.15) is 5.82 Å². The first kappa shape index (κ1) is 14.3. The van der Waals surface area contributed by atoms with Gasteiger partial charge in [-0.1, -0.05) is 35.9 Å². The highest BCUT2D eigenvalue weighted by atomic mass is 19.1. The van der Waals surface area contributed by atoms with Crippen LogP contribution in [0.3, 0.4) is 0 Å². The predicted molar refractivity (Wildman–Crippen MR) is 76.4 cm³/mol. The highest BCUT2D eigenvalue weighted by molar-refractivity contribution is 5.76. The van der Waals surface area contributed by atoms with Crippen LogP contribution in [0.1, 0.15) is 28.2 Å². The van der Waals surface area contributed by atoms with Crippen LogP contribution in [0, 0.1) is 19.7 Å². The van der Waals surface area contributed by atoms with Gasteiger partial charge in [0.15, 0.2) is 0 Å². The molecule has 0 heterocycles. The Hall–Kier alpha value is -2.16. The van der Waals surface area contributed by atoms with Crippen molar-refractivity contribution in [3.05, 3.63) is 70.5 Å². The number of rotatable bonds is 4. The number of carbonyl (C=O) groups is 1. The SMILES string of the molecule is Cc1ccc(C(Cc2cc(F)ccc2C)C(=O)O)cc1. The summed E-state index contributed by atoms with van der Waals surface area (Å²) in [6.07, 6.45) is 0.294. The summed E-state index contributed by atoms with van der Waals surface area (Å²) in [4.78, 5) is 11.5. The first-order valence-corrected chi connectivity index (χ1v) is 6.52. The molecule has 2 rings (SSSR count). The molecule has 2 aromatic rings. The quantitative estimate of drug-likeness (QED) is 0.917. The number of halogens is 1. The van der Waals surface area contributed by atoms with E-state index in [0.29, 0.717) is 6.42 Å². The molecule has 0 aromatic heterocycles. The Bertz CT molecular complexity index is 617. The lowest BCUT2D eigenvalue weighted by Crippen LogP contribution is -2.15. The molecule has 2 aromatic carbocycles. The largest absolute Gasteiger partial charge is 0.481 e. The molecule has 0 saturated carbocycles. The van der Waals surface area contributed by atoms with E-state index in [1.54, 1.807) is 6.07 Å². The molecule has 0 aliphatic heterocycles. The maximum atomic E-state index is 13.3. The zero-order valence-electron chi connectivity index (χ0n) is 11.6. The monoisotopic (exact) mass is 272 g/mol. The van der Waals surface area contributed by atoms with Crippen molar-refractivity contribution >= 4 is 5.97 Å². The Morgan fingerprint density at radius 1 is 1.15 bits per heavy atom. The minimum atomic E-state index is -0.891. The average Bonchev–Trinajstić information content (AvgIpc) is 2.40. The van der Waals surface area contributed by atoms with Gasteiger partial charge in [-0.25, -0.2) is 4.39 Å². The maximum Gasteiger partial charge on any atom is 0.311 e. The summed E-state index contributed by atoms with van der Waals surface area (Å²) in [5, 5.41) is 9.42. The van der Waals surface area contributed by atoms with Gasteiger partial charge in [0.25, 0.3) is 0 Å². The van der Waals surface area contributed by atoms with Crippen LogP contribution < -0.4 is 0 Å². The zero-order valence-corrected chi connectivity index (χ0v) is 11.6. The van der Waals surface area contributed by atoms with Gasteiger partial charge in [0, 0.05) is 0 Å². The van der Waals surface area contributed by atoms with Crippen molar-refractivity contribution in [2.45, 2.75) is 26.2 Å². The van der Waals surface area contributed by atoms with E-state index >= 15 is 0 Å². The Balaban J connectivity index is 2.32. The Morgan fingerprint density at radius 2 is 1.80 bits per heavy atom. The molecule has 0 aliphatic carbocycles. The van der Waals surface area contributed by atoms with Gasteiger partial charge in [-0.05, 0) is 49.1 Å². The summed E-state index contributed by atoms with van der Waals surface area (Å²) in [5.74, 6) is -1.88. The van der Waals surface area contributed by atoms with Crippen molar-refractivity contribution < 1.29 is 14.3 Å². The predicted octanol–water partition coefficient (Wildman–Crippen LogP) is 3.85. The standard InChI is InChI=1S/C17H17FO2/c1-11-3-6-13(7-4-11)16(17(19)20)10-14-9-15(18)8-5-12(14)2/h3-9,16H,10H2,1-2H3,(H,19,20). The van der Waals surface area contributed by atoms with E-state index in [1.165, 1.54) is 12.1 Å². The van der Waals surface area contributed by atoms with Gasteiger partial charge < -0.3 is 5.11 Å². The minimum absolute atomic E-state index is 0.294. The molecule has 20 heavy (non-hydrogen) atoms. The molecule has 1 unspecified atom stereocenters. The zero-order chi connectivity index (χ0) is 14.7. The molecular formula is C17H17FO2. The van der Waals surface area contributed by atoms with Crippen LogP contribution in [0.5, 0.6) is 0 Å². The fourth-order valence-electron chi connectivity index (χ4n) is 2.23. The molecule has 0 radical (unpaired) electrons. The smallest absolute Gasteiger partial charge is 0.311 e. The van der Waals surface area contributed by atoms with Crippen LogP contribution in [-0.4, -0.2) is 11.1 Å². The molecule has 0 spiro atoms. The number of carboxylic acids is 1. The normalized spacial score (nSPS) is 12.2. The van der Waals surface area contributed by atoms with Crippen LogP contribution >= 0.6 is 0 Å². The van der Waals surface area contributed by atoms with Crippen molar-refractivity contribution in [3.63, 3.8) is 0 Å². The number of benzene rings is 2. The molecular weight excluding hydrogens is 255 g/mol. The number of hydrogen-bond acceptors (Lipinski definition) is 1. The van der Waals surface area contributed by atoms with Gasteiger partial charge in [0.2, 0.25) is 0 Å². The van der Waals surface area contributed by atoms with Crippen molar-refractivity contribution in [2.24, 2.45) is 0 Å². The highest BCUT2D eigenvalue weighted by Crippen LogP contribution is 2.24. The molecule has 1 atom stereocenters. The summed E-state index contributed by atoms with van der Waals surface area (Å²) in [6.45, 7) is 3.82. The van der Waals surface area contributed by atoms with Crippen LogP contribution in [0.25, 0.3) is 0 Å². The van der Waals surface area contributed by atoms with E-state index in [0.717, 1.165) is 22.3 Å². The summed E-state index contributed by atoms with van der Waals surface area (Å²) in [7, 11) is 0. The molecule has 0 fully saturated rings. The van der Waals surface area contributed by atoms with Crippen molar-refractivity contribution in [2.75, 3.05) is 0 Å². The fourth-order valence-corrected chi connectivity index (χ4v) is 2.23. The molecule has 2 nitrogen and oxygen atoms in total. The molecule has 3 heteroatoms. The van der Waals surface area contributed by atoms with Crippen molar-refractivity contribution in [1.82, 2.24) is 0 Å². The van der Waals surface area contributed by atoms with E-state index < -0.39 is 11.9 Å². The number of carboxylic acid groups (broad SMARTS) is 1. The first-order valence-electron chi connectivity index (χ1n) is 6.52. The summed E-state index contributed by atoms with van der Waals surface area (Å²) < 4.78 is 13.3. The number of hydrogen-bond donors (Lipinski definition) is 1. The van der Waals surface area contributed by atoms with Gasteiger partial charge >= 0.3 is 5.97 Å². The van der Waals surface area contributed by atoms with Gasteiger partial charge in [0.05, 0.1) is 5.92 Å². The van der Waals surface area contributed by atoms with Crippen molar-refractivity contribution in [1.29, 1.82) is 0 Å². The lowest BCUT2D eigenvalue weighted by Gasteiger charge is -2.15. The van der Waals surface area contributed by atoms with Gasteiger partial charge in [-0.3, -0.25) is 4.79 Å². The van der Waals surface area contributed by atoms with Crippen molar-refractivity contribution in [3.8, 4) is 0 Å². The van der Waals surface area contributed by atoms with E-state index in [-0.39, 0.29) is 5.82 Å². The number of aliphatic carboxylic acids is 1. The Labute approximate surface area is 117 Å². The summed E-state index contributed by atoms with van der Waals surface area (Å²) in [6, 6.07) is 11.9. The van der Waals surface area contributed by atoms with Crippen LogP contribution in [0.15, 0.2) is 42.5 Å². The van der Waals surface area contributed by atoms with Crippen LogP contribution in [-0.2, 0) is 11.2 Å². The van der Waals surface area contributed by atoms with Gasteiger partial charge in [-0.15, -0.1) is 0 Å². The average molecular weight is 272 g/mol. The molecule has 1 N–H and O–H groups in total. The second-order valence-corrected chi connectivity index (χ2v) is 5.08. The fraction of sp³-hybridized carbons (Fsp3) is 0.235. The topological polar surface area (TPSA) is 37.3 Å². The second-order valence-electron chi connectivity index (χ2n) is 5.08. The number of aryl methyl sites for hydroxylation is 2. The van der Waals surface area contributed by atoms with Crippen LogP contribution in [0.4, 0.5) is 4.39 Å². The molecule has 0 saturated heterocycles. The first-order chi connectivity index (χ1) is 9.47. The summed E-state index contributed by atoms with van der Waals surface area (Å²) in [5.41, 5.74) is 3.47. The maximum absolute atomic E-state index is 13.3. The molecule has 104 valence electrons. The van der Waals surface area contributed by atoms with Crippen LogP contribution in [0.2, 0.25) is 0 Å². The lowest BCUT2D eigenvalue weighted by molar-refractivity contribution is -0.138. The Morgan fingerprint density at radius 3 is 2.40 bits per heavy atom. The minimum Gasteiger partial charge on any atom is -0.481 e. The molecule has 0 aliphatic rings. The van der Waals surface area contributed by atoms with E-state index in [2.05, 4.69) is 0 Å². The van der Waals surface area contributed by atoms with E-state index in [9.17, 15) is 14.3 Å². The third-order valence-electron chi connectivity index (χ3n) is 3.51. The third kappa shape index (κ3) is 3.23. The summed E-state index contributed by atoms with van der Waals surface area (Å²) >= 11 is 0. The second kappa shape index (κ2) is 5.87. The van der Waals surface area contributed by atoms with E-state index in [1.807, 2.05) is 38.1 Å². The molecule has 0 amide bonds.